The molecule has 0 radical (unpaired) electrons. The number of carbonyl (C=O) groups is 1. The molecule has 0 fully saturated rings. The van der Waals surface area contributed by atoms with Crippen molar-refractivity contribution < 1.29 is 13.9 Å². The van der Waals surface area contributed by atoms with Gasteiger partial charge < -0.3 is 10.1 Å². The van der Waals surface area contributed by atoms with Crippen molar-refractivity contribution in [3.8, 4) is 5.75 Å². The zero-order chi connectivity index (χ0) is 17.8. The van der Waals surface area contributed by atoms with Crippen LogP contribution in [0.1, 0.15) is 23.9 Å². The topological polar surface area (TPSA) is 54.5 Å². The predicted octanol–water partition coefficient (Wildman–Crippen LogP) is 3.72. The first-order valence-corrected chi connectivity index (χ1v) is 9.33. The highest BCUT2D eigenvalue weighted by molar-refractivity contribution is 7.15. The summed E-state index contributed by atoms with van der Waals surface area (Å²) in [6.45, 7) is 5.22. The van der Waals surface area contributed by atoms with Crippen molar-refractivity contribution >= 4 is 34.0 Å². The fourth-order valence-electron chi connectivity index (χ4n) is 2.60. The molecule has 1 aliphatic heterocycles. The van der Waals surface area contributed by atoms with Gasteiger partial charge in [-0.1, -0.05) is 18.5 Å². The second kappa shape index (κ2) is 8.12. The number of benzene rings is 1. The molecule has 0 saturated carbocycles. The van der Waals surface area contributed by atoms with Crippen molar-refractivity contribution in [1.82, 2.24) is 9.88 Å². The van der Waals surface area contributed by atoms with Crippen molar-refractivity contribution in [2.75, 3.05) is 25.0 Å². The molecule has 0 atom stereocenters. The minimum absolute atomic E-state index is 0.159. The van der Waals surface area contributed by atoms with E-state index in [2.05, 4.69) is 22.1 Å². The molecule has 8 heteroatoms. The van der Waals surface area contributed by atoms with Crippen LogP contribution in [0.4, 0.5) is 9.52 Å². The Balaban J connectivity index is 1.49. The fourth-order valence-corrected chi connectivity index (χ4v) is 3.89. The number of aromatic nitrogens is 1. The zero-order valence-electron chi connectivity index (χ0n) is 13.8. The number of carbonyl (C=O) groups excluding carboxylic acids is 1. The Morgan fingerprint density at radius 3 is 3.12 bits per heavy atom. The van der Waals surface area contributed by atoms with Crippen molar-refractivity contribution in [2.24, 2.45) is 0 Å². The molecule has 1 aromatic carbocycles. The van der Waals surface area contributed by atoms with Crippen molar-refractivity contribution in [3.05, 3.63) is 39.6 Å². The highest BCUT2D eigenvalue weighted by Gasteiger charge is 2.20. The lowest BCUT2D eigenvalue weighted by atomic mass is 10.2. The summed E-state index contributed by atoms with van der Waals surface area (Å²) in [6, 6.07) is 3.89. The summed E-state index contributed by atoms with van der Waals surface area (Å²) in [5.74, 6) is -0.235. The summed E-state index contributed by atoms with van der Waals surface area (Å²) >= 11 is 7.41. The Bertz CT molecular complexity index is 768. The first-order valence-electron chi connectivity index (χ1n) is 8.13. The first kappa shape index (κ1) is 18.1. The first-order chi connectivity index (χ1) is 12.0. The lowest BCUT2D eigenvalue weighted by molar-refractivity contribution is -0.116. The second-order valence-corrected chi connectivity index (χ2v) is 7.22. The van der Waals surface area contributed by atoms with Crippen LogP contribution in [0.3, 0.4) is 0 Å². The van der Waals surface area contributed by atoms with E-state index in [9.17, 15) is 9.18 Å². The Hall–Kier alpha value is -1.70. The lowest BCUT2D eigenvalue weighted by Crippen LogP contribution is -2.29. The van der Waals surface area contributed by atoms with Gasteiger partial charge in [0.2, 0.25) is 5.91 Å². The molecule has 0 bridgehead atoms. The van der Waals surface area contributed by atoms with Gasteiger partial charge in [-0.2, -0.15) is 0 Å². The number of anilines is 1. The molecule has 1 aromatic heterocycles. The van der Waals surface area contributed by atoms with Crippen LogP contribution in [0, 0.1) is 5.82 Å². The number of nitrogens with one attached hydrogen (secondary N) is 1. The quantitative estimate of drug-likeness (QED) is 0.826. The molecule has 3 rings (SSSR count). The second-order valence-electron chi connectivity index (χ2n) is 5.73. The van der Waals surface area contributed by atoms with Gasteiger partial charge in [0.15, 0.2) is 5.13 Å². The van der Waals surface area contributed by atoms with Crippen LogP contribution in [-0.4, -0.2) is 35.5 Å². The van der Waals surface area contributed by atoms with E-state index in [-0.39, 0.29) is 24.0 Å². The van der Waals surface area contributed by atoms with Gasteiger partial charge in [-0.15, -0.1) is 11.3 Å². The highest BCUT2D eigenvalue weighted by Crippen LogP contribution is 2.28. The molecule has 2 heterocycles. The SMILES string of the molecule is CCN1CCc2nc(NC(=O)CCOc3ccc(F)cc3Cl)sc2C1. The molecule has 134 valence electrons. The Morgan fingerprint density at radius 1 is 1.52 bits per heavy atom. The average Bonchev–Trinajstić information content (AvgIpc) is 2.97. The molecule has 1 N–H and O–H groups in total. The van der Waals surface area contributed by atoms with Crippen LogP contribution in [0.15, 0.2) is 18.2 Å². The van der Waals surface area contributed by atoms with E-state index >= 15 is 0 Å². The monoisotopic (exact) mass is 383 g/mol. The molecule has 0 aliphatic carbocycles. The number of hydrogen-bond acceptors (Lipinski definition) is 5. The molecule has 1 aliphatic rings. The van der Waals surface area contributed by atoms with Crippen molar-refractivity contribution in [2.45, 2.75) is 26.3 Å². The van der Waals surface area contributed by atoms with Gasteiger partial charge in [-0.3, -0.25) is 9.69 Å². The molecule has 0 saturated heterocycles. The van der Waals surface area contributed by atoms with E-state index in [1.54, 1.807) is 0 Å². The minimum Gasteiger partial charge on any atom is -0.491 e. The van der Waals surface area contributed by atoms with Gasteiger partial charge in [0.1, 0.15) is 11.6 Å². The van der Waals surface area contributed by atoms with Crippen LogP contribution in [0.5, 0.6) is 5.75 Å². The summed E-state index contributed by atoms with van der Waals surface area (Å²) in [4.78, 5) is 20.1. The molecule has 5 nitrogen and oxygen atoms in total. The normalized spacial score (nSPS) is 14.2. The van der Waals surface area contributed by atoms with E-state index in [1.807, 2.05) is 0 Å². The van der Waals surface area contributed by atoms with Crippen LogP contribution < -0.4 is 10.1 Å². The maximum absolute atomic E-state index is 13.0. The maximum atomic E-state index is 13.0. The number of halogens is 2. The molecular formula is C17H19ClFN3O2S. The maximum Gasteiger partial charge on any atom is 0.229 e. The van der Waals surface area contributed by atoms with Gasteiger partial charge in [-0.05, 0) is 24.7 Å². The Morgan fingerprint density at radius 2 is 2.36 bits per heavy atom. The van der Waals surface area contributed by atoms with Gasteiger partial charge in [-0.25, -0.2) is 9.37 Å². The molecule has 0 spiro atoms. The number of ether oxygens (including phenoxy) is 1. The van der Waals surface area contributed by atoms with Crippen molar-refractivity contribution in [3.63, 3.8) is 0 Å². The third-order valence-electron chi connectivity index (χ3n) is 3.98. The Labute approximate surface area is 154 Å². The van der Waals surface area contributed by atoms with Crippen LogP contribution in [0.2, 0.25) is 5.02 Å². The Kier molecular flexibility index (Phi) is 5.88. The summed E-state index contributed by atoms with van der Waals surface area (Å²) in [7, 11) is 0. The third kappa shape index (κ3) is 4.68. The van der Waals surface area contributed by atoms with Crippen molar-refractivity contribution in [1.29, 1.82) is 0 Å². The average molecular weight is 384 g/mol. The third-order valence-corrected chi connectivity index (χ3v) is 5.28. The van der Waals surface area contributed by atoms with Gasteiger partial charge >= 0.3 is 0 Å². The number of likely N-dealkylation sites (N-methyl/N-ethyl adjacent to an activating group) is 1. The van der Waals surface area contributed by atoms with Crippen LogP contribution >= 0.6 is 22.9 Å². The van der Waals surface area contributed by atoms with E-state index in [0.29, 0.717) is 10.9 Å². The van der Waals surface area contributed by atoms with E-state index in [4.69, 9.17) is 16.3 Å². The van der Waals surface area contributed by atoms with Gasteiger partial charge in [0.05, 0.1) is 23.7 Å². The van der Waals surface area contributed by atoms with E-state index in [1.165, 1.54) is 34.4 Å². The summed E-state index contributed by atoms with van der Waals surface area (Å²) in [5.41, 5.74) is 1.08. The van der Waals surface area contributed by atoms with Crippen LogP contribution in [0.25, 0.3) is 0 Å². The smallest absolute Gasteiger partial charge is 0.229 e. The molecule has 2 aromatic rings. The van der Waals surface area contributed by atoms with Gasteiger partial charge in [0, 0.05) is 24.4 Å². The molecule has 1 amide bonds. The van der Waals surface area contributed by atoms with Crippen LogP contribution in [-0.2, 0) is 17.8 Å². The summed E-state index contributed by atoms with van der Waals surface area (Å²) in [5, 5.41) is 3.64. The predicted molar refractivity (Wildman–Crippen MR) is 96.9 cm³/mol. The zero-order valence-corrected chi connectivity index (χ0v) is 15.4. The number of amides is 1. The molecule has 25 heavy (non-hydrogen) atoms. The largest absolute Gasteiger partial charge is 0.491 e. The molecule has 0 unspecified atom stereocenters. The fraction of sp³-hybridized carbons (Fsp3) is 0.412. The molecular weight excluding hydrogens is 365 g/mol. The lowest BCUT2D eigenvalue weighted by Gasteiger charge is -2.23. The minimum atomic E-state index is -0.426. The number of hydrogen-bond donors (Lipinski definition) is 1. The number of rotatable bonds is 6. The highest BCUT2D eigenvalue weighted by atomic mass is 35.5. The van der Waals surface area contributed by atoms with E-state index < -0.39 is 5.82 Å². The van der Waals surface area contributed by atoms with E-state index in [0.717, 1.165) is 31.7 Å². The number of fused-ring (bicyclic) bond motifs is 1. The summed E-state index contributed by atoms with van der Waals surface area (Å²) < 4.78 is 18.4. The number of nitrogens with zero attached hydrogens (tertiary/aromatic N) is 2. The summed E-state index contributed by atoms with van der Waals surface area (Å²) in [6.07, 6.45) is 1.08. The standard InChI is InChI=1S/C17H19ClFN3O2S/c1-2-22-7-5-13-15(10-22)25-17(20-13)21-16(23)6-8-24-14-4-3-11(19)9-12(14)18/h3-4,9H,2,5-8,10H2,1H3,(H,20,21,23). The number of thiazole rings is 1. The van der Waals surface area contributed by atoms with Gasteiger partial charge in [0.25, 0.3) is 0 Å².